The first kappa shape index (κ1) is 9.08. The van der Waals surface area contributed by atoms with Crippen molar-refractivity contribution in [2.75, 3.05) is 7.05 Å². The molecule has 1 N–H and O–H groups in total. The summed E-state index contributed by atoms with van der Waals surface area (Å²) < 4.78 is 0. The molecule has 0 saturated carbocycles. The van der Waals surface area contributed by atoms with E-state index < -0.39 is 0 Å². The summed E-state index contributed by atoms with van der Waals surface area (Å²) in [6.07, 6.45) is 0. The SMILES string of the molecule is CNC1(C)C(C)=C(C)C1(C)Cl. The molecule has 11 heavy (non-hydrogen) atoms. The number of hydrogen-bond donors (Lipinski definition) is 1. The maximum absolute atomic E-state index is 6.34. The number of likely N-dealkylation sites (N-methyl/N-ethyl adjacent to an activating group) is 1. The normalized spacial score (nSPS) is 44.2. The fourth-order valence-electron chi connectivity index (χ4n) is 1.81. The number of halogens is 1. The Kier molecular flexibility index (Phi) is 1.85. The zero-order chi connectivity index (χ0) is 8.86. The zero-order valence-electron chi connectivity index (χ0n) is 7.88. The van der Waals surface area contributed by atoms with E-state index >= 15 is 0 Å². The molecule has 0 aromatic heterocycles. The number of rotatable bonds is 1. The molecular formula is C9H16ClN. The molecule has 0 heterocycles. The van der Waals surface area contributed by atoms with Gasteiger partial charge in [0.05, 0.1) is 10.4 Å². The minimum Gasteiger partial charge on any atom is -0.309 e. The molecule has 0 amide bonds. The van der Waals surface area contributed by atoms with Gasteiger partial charge < -0.3 is 5.32 Å². The molecule has 0 spiro atoms. The molecule has 2 unspecified atom stereocenters. The molecular weight excluding hydrogens is 158 g/mol. The van der Waals surface area contributed by atoms with Crippen molar-refractivity contribution in [3.05, 3.63) is 11.1 Å². The predicted octanol–water partition coefficient (Wildman–Crippen LogP) is 2.31. The standard InChI is InChI=1S/C9H16ClN/c1-6-7(2)9(4,11-5)8(6,3)10/h11H,1-5H3. The van der Waals surface area contributed by atoms with Crippen LogP contribution in [0.25, 0.3) is 0 Å². The first-order chi connectivity index (χ1) is 4.88. The van der Waals surface area contributed by atoms with E-state index in [2.05, 4.69) is 33.0 Å². The second kappa shape index (κ2) is 2.24. The fourth-order valence-corrected chi connectivity index (χ4v) is 2.19. The van der Waals surface area contributed by atoms with E-state index in [1.165, 1.54) is 11.1 Å². The van der Waals surface area contributed by atoms with E-state index in [4.69, 9.17) is 11.6 Å². The first-order valence-electron chi connectivity index (χ1n) is 3.94. The monoisotopic (exact) mass is 173 g/mol. The van der Waals surface area contributed by atoms with Crippen molar-refractivity contribution >= 4 is 11.6 Å². The van der Waals surface area contributed by atoms with Crippen LogP contribution in [0.1, 0.15) is 27.7 Å². The quantitative estimate of drug-likeness (QED) is 0.474. The third-order valence-corrected chi connectivity index (χ3v) is 4.12. The Morgan fingerprint density at radius 1 is 1.18 bits per heavy atom. The Hall–Kier alpha value is -0.0100. The van der Waals surface area contributed by atoms with Gasteiger partial charge in [0.2, 0.25) is 0 Å². The highest BCUT2D eigenvalue weighted by Crippen LogP contribution is 2.51. The van der Waals surface area contributed by atoms with Gasteiger partial charge in [0.15, 0.2) is 0 Å². The Morgan fingerprint density at radius 3 is 1.82 bits per heavy atom. The van der Waals surface area contributed by atoms with Crippen molar-refractivity contribution < 1.29 is 0 Å². The van der Waals surface area contributed by atoms with Crippen LogP contribution in [0.5, 0.6) is 0 Å². The van der Waals surface area contributed by atoms with Gasteiger partial charge in [-0.2, -0.15) is 0 Å². The van der Waals surface area contributed by atoms with Crippen LogP contribution < -0.4 is 5.32 Å². The molecule has 0 fully saturated rings. The van der Waals surface area contributed by atoms with Gasteiger partial charge in [0, 0.05) is 0 Å². The molecule has 64 valence electrons. The fraction of sp³-hybridized carbons (Fsp3) is 0.778. The van der Waals surface area contributed by atoms with Gasteiger partial charge in [0.25, 0.3) is 0 Å². The smallest absolute Gasteiger partial charge is 0.0844 e. The number of alkyl halides is 1. The Labute approximate surface area is 73.8 Å². The van der Waals surface area contributed by atoms with E-state index in [0.29, 0.717) is 0 Å². The van der Waals surface area contributed by atoms with Crippen LogP contribution in [0.2, 0.25) is 0 Å². The van der Waals surface area contributed by atoms with Gasteiger partial charge in [-0.15, -0.1) is 11.6 Å². The second-order valence-corrected chi connectivity index (χ2v) is 4.38. The van der Waals surface area contributed by atoms with E-state index in [9.17, 15) is 0 Å². The maximum atomic E-state index is 6.34. The van der Waals surface area contributed by atoms with Gasteiger partial charge in [-0.05, 0) is 40.3 Å². The first-order valence-corrected chi connectivity index (χ1v) is 4.32. The van der Waals surface area contributed by atoms with Crippen LogP contribution in [0.3, 0.4) is 0 Å². The van der Waals surface area contributed by atoms with Crippen LogP contribution in [0, 0.1) is 0 Å². The van der Waals surface area contributed by atoms with Crippen molar-refractivity contribution in [2.24, 2.45) is 0 Å². The highest BCUT2D eigenvalue weighted by atomic mass is 35.5. The molecule has 1 rings (SSSR count). The van der Waals surface area contributed by atoms with E-state index in [-0.39, 0.29) is 10.4 Å². The Bertz CT molecular complexity index is 218. The summed E-state index contributed by atoms with van der Waals surface area (Å²) in [6.45, 7) is 8.44. The number of hydrogen-bond acceptors (Lipinski definition) is 1. The van der Waals surface area contributed by atoms with E-state index in [1.807, 2.05) is 7.05 Å². The highest BCUT2D eigenvalue weighted by molar-refractivity contribution is 6.28. The molecule has 0 radical (unpaired) electrons. The lowest BCUT2D eigenvalue weighted by Crippen LogP contribution is -2.64. The van der Waals surface area contributed by atoms with Crippen LogP contribution in [-0.2, 0) is 0 Å². The molecule has 0 aromatic rings. The van der Waals surface area contributed by atoms with Crippen LogP contribution in [-0.4, -0.2) is 17.5 Å². The molecule has 1 aliphatic carbocycles. The summed E-state index contributed by atoms with van der Waals surface area (Å²) in [6, 6.07) is 0. The largest absolute Gasteiger partial charge is 0.309 e. The predicted molar refractivity (Wildman–Crippen MR) is 50.1 cm³/mol. The number of nitrogens with one attached hydrogen (secondary N) is 1. The van der Waals surface area contributed by atoms with Crippen molar-refractivity contribution in [2.45, 2.75) is 38.1 Å². The van der Waals surface area contributed by atoms with Crippen molar-refractivity contribution in [3.8, 4) is 0 Å². The molecule has 0 saturated heterocycles. The van der Waals surface area contributed by atoms with Crippen molar-refractivity contribution in [1.29, 1.82) is 0 Å². The van der Waals surface area contributed by atoms with Crippen LogP contribution in [0.4, 0.5) is 0 Å². The molecule has 0 aromatic carbocycles. The molecule has 0 bridgehead atoms. The lowest BCUT2D eigenvalue weighted by Gasteiger charge is -2.53. The highest BCUT2D eigenvalue weighted by Gasteiger charge is 2.53. The topological polar surface area (TPSA) is 12.0 Å². The average molecular weight is 174 g/mol. The van der Waals surface area contributed by atoms with Crippen molar-refractivity contribution in [3.63, 3.8) is 0 Å². The zero-order valence-corrected chi connectivity index (χ0v) is 8.63. The lowest BCUT2D eigenvalue weighted by molar-refractivity contribution is 0.318. The van der Waals surface area contributed by atoms with Gasteiger partial charge in [-0.25, -0.2) is 0 Å². The van der Waals surface area contributed by atoms with Gasteiger partial charge in [-0.1, -0.05) is 5.57 Å². The summed E-state index contributed by atoms with van der Waals surface area (Å²) in [5, 5.41) is 3.26. The minimum atomic E-state index is -0.203. The third-order valence-electron chi connectivity index (χ3n) is 3.46. The van der Waals surface area contributed by atoms with E-state index in [0.717, 1.165) is 0 Å². The molecule has 0 aliphatic heterocycles. The van der Waals surface area contributed by atoms with Crippen LogP contribution >= 0.6 is 11.6 Å². The third kappa shape index (κ3) is 0.814. The summed E-state index contributed by atoms with van der Waals surface area (Å²) in [5.74, 6) is 0. The summed E-state index contributed by atoms with van der Waals surface area (Å²) in [7, 11) is 1.95. The summed E-state index contributed by atoms with van der Waals surface area (Å²) in [5.41, 5.74) is 2.66. The Morgan fingerprint density at radius 2 is 1.64 bits per heavy atom. The molecule has 2 heteroatoms. The summed E-state index contributed by atoms with van der Waals surface area (Å²) in [4.78, 5) is -0.203. The maximum Gasteiger partial charge on any atom is 0.0844 e. The second-order valence-electron chi connectivity index (χ2n) is 3.63. The Balaban J connectivity index is 3.08. The van der Waals surface area contributed by atoms with E-state index in [1.54, 1.807) is 0 Å². The lowest BCUT2D eigenvalue weighted by atomic mass is 9.64. The van der Waals surface area contributed by atoms with Crippen LogP contribution in [0.15, 0.2) is 11.1 Å². The van der Waals surface area contributed by atoms with Crippen molar-refractivity contribution in [1.82, 2.24) is 5.32 Å². The minimum absolute atomic E-state index is 0.0152. The average Bonchev–Trinajstić information content (AvgIpc) is 2.00. The molecule has 1 aliphatic rings. The van der Waals surface area contributed by atoms with Gasteiger partial charge in [0.1, 0.15) is 0 Å². The summed E-state index contributed by atoms with van der Waals surface area (Å²) >= 11 is 6.34. The van der Waals surface area contributed by atoms with Gasteiger partial charge in [-0.3, -0.25) is 0 Å². The molecule has 2 atom stereocenters. The van der Waals surface area contributed by atoms with Gasteiger partial charge >= 0.3 is 0 Å². The molecule has 1 nitrogen and oxygen atoms in total.